The first kappa shape index (κ1) is 17.2. The SMILES string of the molecule is CCCCCCCCC(Cc1cc(CC)nn1C)NN. The molecule has 0 aromatic carbocycles. The maximum atomic E-state index is 5.69. The predicted molar refractivity (Wildman–Crippen MR) is 85.4 cm³/mol. The molecule has 1 unspecified atom stereocenters. The second-order valence-corrected chi connectivity index (χ2v) is 5.73. The molecule has 0 aliphatic carbocycles. The molecule has 0 fully saturated rings. The molecule has 1 rings (SSSR count). The molecule has 1 aromatic rings. The second-order valence-electron chi connectivity index (χ2n) is 5.73. The van der Waals surface area contributed by atoms with E-state index >= 15 is 0 Å². The summed E-state index contributed by atoms with van der Waals surface area (Å²) in [6.45, 7) is 4.40. The third kappa shape index (κ3) is 6.06. The van der Waals surface area contributed by atoms with Crippen molar-refractivity contribution >= 4 is 0 Å². The summed E-state index contributed by atoms with van der Waals surface area (Å²) in [5.41, 5.74) is 5.40. The van der Waals surface area contributed by atoms with Crippen LogP contribution in [0.1, 0.15) is 70.2 Å². The Kier molecular flexibility index (Phi) is 8.54. The van der Waals surface area contributed by atoms with Crippen LogP contribution in [0.15, 0.2) is 6.07 Å². The van der Waals surface area contributed by atoms with Gasteiger partial charge in [0.25, 0.3) is 0 Å². The zero-order chi connectivity index (χ0) is 14.8. The predicted octanol–water partition coefficient (Wildman–Crippen LogP) is 3.11. The highest BCUT2D eigenvalue weighted by molar-refractivity contribution is 5.11. The quantitative estimate of drug-likeness (QED) is 0.372. The molecular formula is C16H32N4. The third-order valence-electron chi connectivity index (χ3n) is 3.99. The minimum atomic E-state index is 0.362. The Hall–Kier alpha value is -0.870. The van der Waals surface area contributed by atoms with Crippen molar-refractivity contribution in [1.29, 1.82) is 0 Å². The second kappa shape index (κ2) is 9.94. The van der Waals surface area contributed by atoms with Crippen molar-refractivity contribution in [2.45, 2.75) is 77.7 Å². The summed E-state index contributed by atoms with van der Waals surface area (Å²) in [7, 11) is 2.02. The molecule has 3 N–H and O–H groups in total. The van der Waals surface area contributed by atoms with Gasteiger partial charge in [-0.2, -0.15) is 5.10 Å². The van der Waals surface area contributed by atoms with Crippen LogP contribution in [-0.4, -0.2) is 15.8 Å². The first-order valence-corrected chi connectivity index (χ1v) is 8.19. The average molecular weight is 280 g/mol. The van der Waals surface area contributed by atoms with Crippen molar-refractivity contribution < 1.29 is 0 Å². The molecule has 1 atom stereocenters. The monoisotopic (exact) mass is 280 g/mol. The van der Waals surface area contributed by atoms with E-state index in [0.717, 1.165) is 25.0 Å². The van der Waals surface area contributed by atoms with E-state index in [4.69, 9.17) is 5.84 Å². The van der Waals surface area contributed by atoms with Crippen molar-refractivity contribution in [1.82, 2.24) is 15.2 Å². The number of hydrogen-bond acceptors (Lipinski definition) is 3. The Morgan fingerprint density at radius 1 is 1.20 bits per heavy atom. The van der Waals surface area contributed by atoms with Crippen molar-refractivity contribution in [2.75, 3.05) is 0 Å². The molecule has 0 amide bonds. The Bertz CT molecular complexity index is 359. The van der Waals surface area contributed by atoms with Crippen LogP contribution in [0.5, 0.6) is 0 Å². The van der Waals surface area contributed by atoms with Crippen LogP contribution >= 0.6 is 0 Å². The molecule has 1 aromatic heterocycles. The van der Waals surface area contributed by atoms with E-state index in [1.165, 1.54) is 44.2 Å². The molecule has 1 heterocycles. The van der Waals surface area contributed by atoms with Crippen LogP contribution in [-0.2, 0) is 19.9 Å². The normalized spacial score (nSPS) is 12.8. The number of nitrogens with zero attached hydrogens (tertiary/aromatic N) is 2. The summed E-state index contributed by atoms with van der Waals surface area (Å²) in [4.78, 5) is 0. The first-order chi connectivity index (χ1) is 9.71. The molecule has 4 heteroatoms. The summed E-state index contributed by atoms with van der Waals surface area (Å²) in [6, 6.07) is 2.56. The van der Waals surface area contributed by atoms with E-state index in [1.54, 1.807) is 0 Å². The van der Waals surface area contributed by atoms with Gasteiger partial charge in [-0.25, -0.2) is 0 Å². The van der Waals surface area contributed by atoms with Crippen LogP contribution in [0.25, 0.3) is 0 Å². The van der Waals surface area contributed by atoms with E-state index in [0.29, 0.717) is 6.04 Å². The number of nitrogens with one attached hydrogen (secondary N) is 1. The number of nitrogens with two attached hydrogens (primary N) is 1. The Balaban J connectivity index is 2.29. The van der Waals surface area contributed by atoms with Crippen LogP contribution < -0.4 is 11.3 Å². The third-order valence-corrected chi connectivity index (χ3v) is 3.99. The van der Waals surface area contributed by atoms with Gasteiger partial charge in [-0.05, 0) is 18.9 Å². The zero-order valence-corrected chi connectivity index (χ0v) is 13.5. The lowest BCUT2D eigenvalue weighted by Gasteiger charge is -2.15. The molecule has 0 aliphatic rings. The van der Waals surface area contributed by atoms with Gasteiger partial charge in [0.1, 0.15) is 0 Å². The fourth-order valence-electron chi connectivity index (χ4n) is 2.60. The summed E-state index contributed by atoms with van der Waals surface area (Å²) in [5.74, 6) is 5.69. The molecule has 0 spiro atoms. The zero-order valence-electron chi connectivity index (χ0n) is 13.5. The molecule has 4 nitrogen and oxygen atoms in total. The Morgan fingerprint density at radius 3 is 2.50 bits per heavy atom. The van der Waals surface area contributed by atoms with Crippen LogP contribution in [0, 0.1) is 0 Å². The fourth-order valence-corrected chi connectivity index (χ4v) is 2.60. The highest BCUT2D eigenvalue weighted by Gasteiger charge is 2.11. The van der Waals surface area contributed by atoms with Crippen molar-refractivity contribution in [3.8, 4) is 0 Å². The smallest absolute Gasteiger partial charge is 0.0624 e. The van der Waals surface area contributed by atoms with Crippen LogP contribution in [0.2, 0.25) is 0 Å². The maximum Gasteiger partial charge on any atom is 0.0624 e. The topological polar surface area (TPSA) is 55.9 Å². The molecule has 0 saturated carbocycles. The Labute approximate surface area is 124 Å². The minimum absolute atomic E-state index is 0.362. The van der Waals surface area contributed by atoms with Gasteiger partial charge in [0.05, 0.1) is 5.69 Å². The lowest BCUT2D eigenvalue weighted by molar-refractivity contribution is 0.450. The number of rotatable bonds is 11. The number of hydrazine groups is 1. The Morgan fingerprint density at radius 2 is 1.90 bits per heavy atom. The van der Waals surface area contributed by atoms with E-state index in [9.17, 15) is 0 Å². The molecule has 20 heavy (non-hydrogen) atoms. The molecule has 0 bridgehead atoms. The maximum absolute atomic E-state index is 5.69. The molecule has 0 radical (unpaired) electrons. The van der Waals surface area contributed by atoms with Gasteiger partial charge in [-0.3, -0.25) is 16.0 Å². The highest BCUT2D eigenvalue weighted by Crippen LogP contribution is 2.12. The van der Waals surface area contributed by atoms with Crippen molar-refractivity contribution in [2.24, 2.45) is 12.9 Å². The number of hydrogen-bond donors (Lipinski definition) is 2. The van der Waals surface area contributed by atoms with Crippen LogP contribution in [0.3, 0.4) is 0 Å². The largest absolute Gasteiger partial charge is 0.272 e. The van der Waals surface area contributed by atoms with E-state index in [1.807, 2.05) is 11.7 Å². The lowest BCUT2D eigenvalue weighted by atomic mass is 10.0. The van der Waals surface area contributed by atoms with E-state index < -0.39 is 0 Å². The van der Waals surface area contributed by atoms with Gasteiger partial charge in [0.2, 0.25) is 0 Å². The molecule has 116 valence electrons. The summed E-state index contributed by atoms with van der Waals surface area (Å²) >= 11 is 0. The summed E-state index contributed by atoms with van der Waals surface area (Å²) in [5, 5.41) is 4.49. The number of aromatic nitrogens is 2. The van der Waals surface area contributed by atoms with Gasteiger partial charge in [0, 0.05) is 25.2 Å². The van der Waals surface area contributed by atoms with Gasteiger partial charge >= 0.3 is 0 Å². The fraction of sp³-hybridized carbons (Fsp3) is 0.812. The summed E-state index contributed by atoms with van der Waals surface area (Å²) in [6.07, 6.45) is 11.1. The lowest BCUT2D eigenvalue weighted by Crippen LogP contribution is -2.37. The minimum Gasteiger partial charge on any atom is -0.272 e. The van der Waals surface area contributed by atoms with Crippen LogP contribution in [0.4, 0.5) is 0 Å². The van der Waals surface area contributed by atoms with E-state index in [2.05, 4.69) is 30.4 Å². The van der Waals surface area contributed by atoms with E-state index in [-0.39, 0.29) is 0 Å². The van der Waals surface area contributed by atoms with Crippen molar-refractivity contribution in [3.63, 3.8) is 0 Å². The van der Waals surface area contributed by atoms with Crippen molar-refractivity contribution in [3.05, 3.63) is 17.5 Å². The molecule has 0 saturated heterocycles. The number of unbranched alkanes of at least 4 members (excludes halogenated alkanes) is 5. The molecular weight excluding hydrogens is 248 g/mol. The standard InChI is InChI=1S/C16H32N4/c1-4-6-7-8-9-10-11-15(18-17)13-16-12-14(5-2)19-20(16)3/h12,15,18H,4-11,13,17H2,1-3H3. The van der Waals surface area contributed by atoms with Gasteiger partial charge < -0.3 is 0 Å². The van der Waals surface area contributed by atoms with Gasteiger partial charge in [-0.1, -0.05) is 52.4 Å². The highest BCUT2D eigenvalue weighted by atomic mass is 15.3. The first-order valence-electron chi connectivity index (χ1n) is 8.19. The number of aryl methyl sites for hydroxylation is 2. The van der Waals surface area contributed by atoms with Gasteiger partial charge in [0.15, 0.2) is 0 Å². The average Bonchev–Trinajstić information content (AvgIpc) is 2.81. The van der Waals surface area contributed by atoms with Gasteiger partial charge in [-0.15, -0.1) is 0 Å². The summed E-state index contributed by atoms with van der Waals surface area (Å²) < 4.78 is 1.99. The molecule has 0 aliphatic heterocycles.